The second kappa shape index (κ2) is 10.9. The van der Waals surface area contributed by atoms with Crippen LogP contribution in [0, 0.1) is 0 Å². The quantitative estimate of drug-likeness (QED) is 0.512. The predicted molar refractivity (Wildman–Crippen MR) is 123 cm³/mol. The van der Waals surface area contributed by atoms with Crippen LogP contribution in [0.2, 0.25) is 5.15 Å². The number of methoxy groups -OCH3 is 1. The maximum Gasteiger partial charge on any atom is 0.368 e. The molecule has 1 aromatic heterocycles. The Balaban J connectivity index is 0.00000171. The first-order chi connectivity index (χ1) is 14.1. The van der Waals surface area contributed by atoms with E-state index >= 15 is 0 Å². The first-order valence-corrected chi connectivity index (χ1v) is 9.24. The van der Waals surface area contributed by atoms with Crippen molar-refractivity contribution in [2.24, 2.45) is 9.98 Å². The van der Waals surface area contributed by atoms with Crippen molar-refractivity contribution in [3.63, 3.8) is 0 Å². The Labute approximate surface area is 196 Å². The van der Waals surface area contributed by atoms with Crippen molar-refractivity contribution < 1.29 is 14.3 Å². The molecule has 0 saturated carbocycles. The highest BCUT2D eigenvalue weighted by Gasteiger charge is 2.08. The van der Waals surface area contributed by atoms with Crippen molar-refractivity contribution in [2.75, 3.05) is 12.4 Å². The lowest BCUT2D eigenvalue weighted by Gasteiger charge is -2.13. The first kappa shape index (κ1) is 24.4. The Bertz CT molecular complexity index is 1190. The summed E-state index contributed by atoms with van der Waals surface area (Å²) in [4.78, 5) is 23.0. The number of pyridine rings is 1. The number of halogens is 3. The second-order valence-corrected chi connectivity index (χ2v) is 6.71. The van der Waals surface area contributed by atoms with Crippen LogP contribution in [-0.4, -0.2) is 18.1 Å². The number of amides is 2. The van der Waals surface area contributed by atoms with E-state index in [-0.39, 0.29) is 24.8 Å². The molecule has 162 valence electrons. The summed E-state index contributed by atoms with van der Waals surface area (Å²) in [5.41, 5.74) is 2.78. The predicted octanol–water partition coefficient (Wildman–Crippen LogP) is 4.15. The van der Waals surface area contributed by atoms with Crippen LogP contribution in [0.5, 0.6) is 11.5 Å². The van der Waals surface area contributed by atoms with Gasteiger partial charge in [-0.1, -0.05) is 23.7 Å². The molecule has 0 spiro atoms. The molecule has 0 fully saturated rings. The fourth-order valence-corrected chi connectivity index (χ4v) is 2.96. The van der Waals surface area contributed by atoms with Crippen LogP contribution in [-0.2, 0) is 13.2 Å². The third kappa shape index (κ3) is 6.07. The smallest absolute Gasteiger partial charge is 0.368 e. The highest BCUT2D eigenvalue weighted by molar-refractivity contribution is 6.29. The van der Waals surface area contributed by atoms with Gasteiger partial charge in [0.25, 0.3) is 0 Å². The van der Waals surface area contributed by atoms with Gasteiger partial charge in [-0.2, -0.15) is 9.98 Å². The fraction of sp³-hybridized carbons (Fsp3) is 0.143. The van der Waals surface area contributed by atoms with Gasteiger partial charge < -0.3 is 14.8 Å². The number of carbonyl (C=O) groups is 1. The van der Waals surface area contributed by atoms with E-state index in [0.717, 1.165) is 16.8 Å². The van der Waals surface area contributed by atoms with E-state index < -0.39 is 6.03 Å². The molecule has 4 rings (SSSR count). The number of benzene rings is 2. The monoisotopic (exact) mass is 480 g/mol. The van der Waals surface area contributed by atoms with Crippen molar-refractivity contribution in [1.29, 1.82) is 0 Å². The van der Waals surface area contributed by atoms with Gasteiger partial charge in [-0.3, -0.25) is 0 Å². The summed E-state index contributed by atoms with van der Waals surface area (Å²) in [5, 5.41) is 4.93. The summed E-state index contributed by atoms with van der Waals surface area (Å²) >= 11 is 5.80. The highest BCUT2D eigenvalue weighted by Crippen LogP contribution is 2.29. The van der Waals surface area contributed by atoms with E-state index in [1.807, 2.05) is 30.3 Å². The van der Waals surface area contributed by atoms with Gasteiger partial charge in [-0.25, -0.2) is 9.78 Å². The van der Waals surface area contributed by atoms with E-state index in [1.54, 1.807) is 31.5 Å². The fourth-order valence-electron chi connectivity index (χ4n) is 2.85. The van der Waals surface area contributed by atoms with Gasteiger partial charge in [0, 0.05) is 24.0 Å². The zero-order valence-corrected chi connectivity index (χ0v) is 18.8. The standard InChI is InChI=1S/C21H17ClN4O3.2ClH/c1-28-19-8-13(2-6-18(19)29-12-14-3-7-20(22)24-11-14)10-23-15-4-5-16-17(9-15)26-21(27)25-16;;/h2-9,11,23H,10,12H2,1H3;2*1H. The number of ether oxygens (including phenoxy) is 2. The number of carbonyl (C=O) groups excluding carboxylic acids is 1. The summed E-state index contributed by atoms with van der Waals surface area (Å²) in [6, 6.07) is 14.3. The molecular weight excluding hydrogens is 463 g/mol. The van der Waals surface area contributed by atoms with E-state index in [9.17, 15) is 4.79 Å². The summed E-state index contributed by atoms with van der Waals surface area (Å²) in [7, 11) is 1.60. The highest BCUT2D eigenvalue weighted by atomic mass is 35.5. The van der Waals surface area contributed by atoms with Crippen molar-refractivity contribution >= 4 is 48.1 Å². The number of nitrogens with one attached hydrogen (secondary N) is 1. The molecule has 2 aromatic carbocycles. The third-order valence-electron chi connectivity index (χ3n) is 4.32. The van der Waals surface area contributed by atoms with Crippen molar-refractivity contribution in [3.05, 3.63) is 81.7 Å². The molecular formula is C21H19Cl3N4O3. The molecule has 10 heteroatoms. The molecule has 0 radical (unpaired) electrons. The number of hydrogen-bond acceptors (Lipinski definition) is 5. The van der Waals surface area contributed by atoms with Crippen LogP contribution in [0.25, 0.3) is 0 Å². The third-order valence-corrected chi connectivity index (χ3v) is 4.54. The summed E-state index contributed by atoms with van der Waals surface area (Å²) in [6.07, 6.45) is 1.68. The Kier molecular flexibility index (Phi) is 8.62. The van der Waals surface area contributed by atoms with Crippen LogP contribution in [0.3, 0.4) is 0 Å². The average molecular weight is 482 g/mol. The Morgan fingerprint density at radius 1 is 0.935 bits per heavy atom. The van der Waals surface area contributed by atoms with E-state index in [0.29, 0.717) is 40.5 Å². The van der Waals surface area contributed by atoms with Gasteiger partial charge in [0.05, 0.1) is 17.8 Å². The number of anilines is 1. The molecule has 1 aliphatic rings. The Morgan fingerprint density at radius 2 is 1.71 bits per heavy atom. The number of fused-ring (bicyclic) bond motifs is 1. The maximum absolute atomic E-state index is 11.3. The number of rotatable bonds is 7. The van der Waals surface area contributed by atoms with Gasteiger partial charge in [-0.15, -0.1) is 24.8 Å². The summed E-state index contributed by atoms with van der Waals surface area (Å²) < 4.78 is 11.3. The van der Waals surface area contributed by atoms with Crippen LogP contribution in [0.1, 0.15) is 11.1 Å². The largest absolute Gasteiger partial charge is 0.493 e. The molecule has 1 N–H and O–H groups in total. The van der Waals surface area contributed by atoms with E-state index in [1.165, 1.54) is 0 Å². The van der Waals surface area contributed by atoms with Gasteiger partial charge in [0.15, 0.2) is 11.5 Å². The Morgan fingerprint density at radius 3 is 2.45 bits per heavy atom. The minimum absolute atomic E-state index is 0. The van der Waals surface area contributed by atoms with Crippen molar-refractivity contribution in [2.45, 2.75) is 13.2 Å². The topological polar surface area (TPSA) is 85.2 Å². The van der Waals surface area contributed by atoms with Gasteiger partial charge >= 0.3 is 6.03 Å². The van der Waals surface area contributed by atoms with Crippen molar-refractivity contribution in [1.82, 2.24) is 4.98 Å². The average Bonchev–Trinajstić information content (AvgIpc) is 3.11. The number of urea groups is 1. The molecule has 1 aliphatic heterocycles. The molecule has 0 unspecified atom stereocenters. The molecule has 0 aliphatic carbocycles. The molecule has 3 aromatic rings. The molecule has 2 amide bonds. The molecule has 2 heterocycles. The molecule has 0 bridgehead atoms. The zero-order valence-electron chi connectivity index (χ0n) is 16.4. The molecule has 0 saturated heterocycles. The lowest BCUT2D eigenvalue weighted by atomic mass is 10.2. The van der Waals surface area contributed by atoms with Gasteiger partial charge in [-0.05, 0) is 42.0 Å². The Hall–Kier alpha value is -2.87. The summed E-state index contributed by atoms with van der Waals surface area (Å²) in [6.45, 7) is 0.933. The van der Waals surface area contributed by atoms with Gasteiger partial charge in [0.2, 0.25) is 0 Å². The second-order valence-electron chi connectivity index (χ2n) is 6.33. The maximum atomic E-state index is 11.3. The minimum Gasteiger partial charge on any atom is -0.493 e. The zero-order chi connectivity index (χ0) is 20.2. The molecule has 0 atom stereocenters. The minimum atomic E-state index is -0.466. The number of hydrogen-bond donors (Lipinski definition) is 1. The van der Waals surface area contributed by atoms with Gasteiger partial charge in [0.1, 0.15) is 11.8 Å². The first-order valence-electron chi connectivity index (χ1n) is 8.86. The van der Waals surface area contributed by atoms with Crippen LogP contribution >= 0.6 is 36.4 Å². The molecule has 7 nitrogen and oxygen atoms in total. The van der Waals surface area contributed by atoms with E-state index in [2.05, 4.69) is 20.3 Å². The number of aromatic nitrogens is 1. The van der Waals surface area contributed by atoms with Crippen molar-refractivity contribution in [3.8, 4) is 11.5 Å². The normalized spacial score (nSPS) is 11.2. The lowest BCUT2D eigenvalue weighted by molar-refractivity contribution is 0.256. The SMILES string of the molecule is COc1cc(CNc2ccc3c(c2)=NC(=O)N=3)ccc1OCc1ccc(Cl)nc1.Cl.Cl. The molecule has 31 heavy (non-hydrogen) atoms. The summed E-state index contributed by atoms with van der Waals surface area (Å²) in [5.74, 6) is 1.28. The van der Waals surface area contributed by atoms with E-state index in [4.69, 9.17) is 21.1 Å². The van der Waals surface area contributed by atoms with Crippen LogP contribution in [0.15, 0.2) is 64.7 Å². The number of nitrogens with zero attached hydrogens (tertiary/aromatic N) is 3. The van der Waals surface area contributed by atoms with Crippen LogP contribution < -0.4 is 25.5 Å². The lowest BCUT2D eigenvalue weighted by Crippen LogP contribution is -2.21. The van der Waals surface area contributed by atoms with Crippen LogP contribution in [0.4, 0.5) is 10.5 Å².